The molecule has 0 aliphatic rings. The summed E-state index contributed by atoms with van der Waals surface area (Å²) in [5.74, 6) is 0. The average molecular weight is 242 g/mol. The summed E-state index contributed by atoms with van der Waals surface area (Å²) < 4.78 is 3.02. The van der Waals surface area contributed by atoms with Crippen molar-refractivity contribution in [1.82, 2.24) is 4.57 Å². The molecule has 0 amide bonds. The van der Waals surface area contributed by atoms with E-state index in [4.69, 9.17) is 5.26 Å². The van der Waals surface area contributed by atoms with E-state index in [9.17, 15) is 0 Å². The molecule has 0 spiro atoms. The molecule has 1 aromatic heterocycles. The Kier molecular flexibility index (Phi) is 3.14. The first-order valence-corrected chi connectivity index (χ1v) is 6.16. The van der Waals surface area contributed by atoms with Crippen molar-refractivity contribution in [2.24, 2.45) is 7.05 Å². The second-order valence-electron chi connectivity index (χ2n) is 5.78. The van der Waals surface area contributed by atoms with Crippen LogP contribution >= 0.6 is 0 Å². The normalized spacial score (nSPS) is 11.7. The maximum atomic E-state index is 9.02. The summed E-state index contributed by atoms with van der Waals surface area (Å²) in [7, 11) is 8.59. The van der Waals surface area contributed by atoms with Gasteiger partial charge in [0.05, 0.1) is 33.6 Å². The highest BCUT2D eigenvalue weighted by molar-refractivity contribution is 5.85. The Balaban J connectivity index is 2.68. The Bertz CT molecular complexity index is 609. The van der Waals surface area contributed by atoms with Crippen molar-refractivity contribution < 1.29 is 4.48 Å². The van der Waals surface area contributed by atoms with E-state index in [1.807, 2.05) is 13.1 Å². The van der Waals surface area contributed by atoms with E-state index in [1.54, 1.807) is 0 Å². The van der Waals surface area contributed by atoms with E-state index in [2.05, 4.69) is 50.0 Å². The van der Waals surface area contributed by atoms with Gasteiger partial charge in [0.15, 0.2) is 0 Å². The summed E-state index contributed by atoms with van der Waals surface area (Å²) in [6.07, 6.45) is 0.473. The Hall–Kier alpha value is -1.79. The number of para-hydroxylation sites is 1. The van der Waals surface area contributed by atoms with E-state index in [1.165, 1.54) is 16.5 Å². The Morgan fingerprint density at radius 2 is 1.89 bits per heavy atom. The largest absolute Gasteiger partial charge is 0.346 e. The van der Waals surface area contributed by atoms with Gasteiger partial charge in [-0.25, -0.2) is 0 Å². The van der Waals surface area contributed by atoms with Crippen molar-refractivity contribution in [3.63, 3.8) is 0 Å². The van der Waals surface area contributed by atoms with Crippen LogP contribution in [0.5, 0.6) is 0 Å². The number of aromatic nitrogens is 1. The summed E-state index contributed by atoms with van der Waals surface area (Å²) in [4.78, 5) is 0. The van der Waals surface area contributed by atoms with Crippen LogP contribution in [0.15, 0.2) is 24.3 Å². The first-order chi connectivity index (χ1) is 8.44. The standard InChI is InChI=1S/C15H20N3/c1-17-14-8-6-5-7-12(14)13(11-18(2,3)4)15(17)9-10-16/h5-8H,9,11H2,1-4H3/q+1. The van der Waals surface area contributed by atoms with Crippen molar-refractivity contribution in [3.8, 4) is 6.07 Å². The van der Waals surface area contributed by atoms with Crippen molar-refractivity contribution >= 4 is 10.9 Å². The molecule has 0 N–H and O–H groups in total. The minimum Gasteiger partial charge on any atom is -0.346 e. The molecule has 0 fully saturated rings. The topological polar surface area (TPSA) is 28.7 Å². The summed E-state index contributed by atoms with van der Waals surface area (Å²) in [6.45, 7) is 0.943. The zero-order valence-corrected chi connectivity index (χ0v) is 11.6. The average Bonchev–Trinajstić information content (AvgIpc) is 2.54. The molecule has 2 rings (SSSR count). The van der Waals surface area contributed by atoms with Gasteiger partial charge < -0.3 is 9.05 Å². The van der Waals surface area contributed by atoms with E-state index in [0.29, 0.717) is 6.42 Å². The van der Waals surface area contributed by atoms with Gasteiger partial charge in [0.25, 0.3) is 0 Å². The van der Waals surface area contributed by atoms with Crippen LogP contribution in [0, 0.1) is 11.3 Å². The first-order valence-electron chi connectivity index (χ1n) is 6.16. The zero-order chi connectivity index (χ0) is 13.3. The molecular formula is C15H20N3+. The molecule has 1 heterocycles. The third-order valence-electron chi connectivity index (χ3n) is 3.22. The molecule has 0 atom stereocenters. The molecule has 0 bridgehead atoms. The molecule has 3 heteroatoms. The van der Waals surface area contributed by atoms with Gasteiger partial charge in [-0.3, -0.25) is 0 Å². The fourth-order valence-electron chi connectivity index (χ4n) is 2.48. The quantitative estimate of drug-likeness (QED) is 0.760. The van der Waals surface area contributed by atoms with Crippen molar-refractivity contribution in [2.75, 3.05) is 21.1 Å². The number of hydrogen-bond donors (Lipinski definition) is 0. The summed E-state index contributed by atoms with van der Waals surface area (Å²) in [5, 5.41) is 10.3. The van der Waals surface area contributed by atoms with E-state index < -0.39 is 0 Å². The minimum atomic E-state index is 0.473. The Morgan fingerprint density at radius 1 is 1.22 bits per heavy atom. The minimum absolute atomic E-state index is 0.473. The van der Waals surface area contributed by atoms with Gasteiger partial charge in [-0.05, 0) is 6.07 Å². The van der Waals surface area contributed by atoms with Crippen LogP contribution in [-0.2, 0) is 20.0 Å². The van der Waals surface area contributed by atoms with E-state index >= 15 is 0 Å². The molecule has 0 saturated carbocycles. The van der Waals surface area contributed by atoms with Gasteiger partial charge in [-0.1, -0.05) is 18.2 Å². The maximum absolute atomic E-state index is 9.02. The zero-order valence-electron chi connectivity index (χ0n) is 11.6. The lowest BCUT2D eigenvalue weighted by Crippen LogP contribution is -2.33. The molecule has 0 unspecified atom stereocenters. The van der Waals surface area contributed by atoms with Gasteiger partial charge in [0, 0.05) is 29.2 Å². The van der Waals surface area contributed by atoms with Crippen molar-refractivity contribution in [3.05, 3.63) is 35.5 Å². The van der Waals surface area contributed by atoms with Crippen LogP contribution in [0.3, 0.4) is 0 Å². The van der Waals surface area contributed by atoms with Crippen molar-refractivity contribution in [1.29, 1.82) is 5.26 Å². The van der Waals surface area contributed by atoms with Gasteiger partial charge in [0.1, 0.15) is 6.54 Å². The third kappa shape index (κ3) is 2.25. The SMILES string of the molecule is Cn1c(CC#N)c(C[N+](C)(C)C)c2ccccc21. The monoisotopic (exact) mass is 242 g/mol. The molecule has 18 heavy (non-hydrogen) atoms. The highest BCUT2D eigenvalue weighted by Crippen LogP contribution is 2.27. The van der Waals surface area contributed by atoms with Crippen LogP contribution in [0.4, 0.5) is 0 Å². The molecule has 3 nitrogen and oxygen atoms in total. The van der Waals surface area contributed by atoms with Gasteiger partial charge in [-0.15, -0.1) is 0 Å². The lowest BCUT2D eigenvalue weighted by molar-refractivity contribution is -0.883. The molecule has 1 aromatic carbocycles. The van der Waals surface area contributed by atoms with Gasteiger partial charge >= 0.3 is 0 Å². The molecule has 0 saturated heterocycles. The predicted molar refractivity (Wildman–Crippen MR) is 74.0 cm³/mol. The molecule has 0 aliphatic heterocycles. The van der Waals surface area contributed by atoms with Crippen molar-refractivity contribution in [2.45, 2.75) is 13.0 Å². The number of rotatable bonds is 3. The van der Waals surface area contributed by atoms with E-state index in [-0.39, 0.29) is 0 Å². The molecular weight excluding hydrogens is 222 g/mol. The first kappa shape index (κ1) is 12.7. The third-order valence-corrected chi connectivity index (χ3v) is 3.22. The number of nitriles is 1. The van der Waals surface area contributed by atoms with Crippen LogP contribution in [0.2, 0.25) is 0 Å². The number of quaternary nitrogens is 1. The van der Waals surface area contributed by atoms with Crippen LogP contribution in [-0.4, -0.2) is 30.2 Å². The predicted octanol–water partition coefficient (Wildman–Crippen LogP) is 2.45. The lowest BCUT2D eigenvalue weighted by atomic mass is 10.1. The Morgan fingerprint density at radius 3 is 2.50 bits per heavy atom. The lowest BCUT2D eigenvalue weighted by Gasteiger charge is -2.24. The fourth-order valence-corrected chi connectivity index (χ4v) is 2.48. The highest BCUT2D eigenvalue weighted by atomic mass is 15.3. The summed E-state index contributed by atoms with van der Waals surface area (Å²) >= 11 is 0. The summed E-state index contributed by atoms with van der Waals surface area (Å²) in [5.41, 5.74) is 3.67. The fraction of sp³-hybridized carbons (Fsp3) is 0.400. The Labute approximate surface area is 108 Å². The number of benzene rings is 1. The number of hydrogen-bond acceptors (Lipinski definition) is 1. The van der Waals surface area contributed by atoms with Crippen LogP contribution in [0.1, 0.15) is 11.3 Å². The van der Waals surface area contributed by atoms with Gasteiger partial charge in [-0.2, -0.15) is 5.26 Å². The molecule has 94 valence electrons. The highest BCUT2D eigenvalue weighted by Gasteiger charge is 2.19. The molecule has 2 aromatic rings. The summed E-state index contributed by atoms with van der Waals surface area (Å²) in [6, 6.07) is 10.7. The van der Waals surface area contributed by atoms with Crippen LogP contribution < -0.4 is 0 Å². The smallest absolute Gasteiger partial charge is 0.106 e. The second kappa shape index (κ2) is 4.47. The maximum Gasteiger partial charge on any atom is 0.106 e. The van der Waals surface area contributed by atoms with Crippen LogP contribution in [0.25, 0.3) is 10.9 Å². The number of aryl methyl sites for hydroxylation is 1. The number of fused-ring (bicyclic) bond motifs is 1. The van der Waals surface area contributed by atoms with E-state index in [0.717, 1.165) is 16.7 Å². The second-order valence-corrected chi connectivity index (χ2v) is 5.78. The van der Waals surface area contributed by atoms with Gasteiger partial charge in [0.2, 0.25) is 0 Å². The number of nitrogens with zero attached hydrogens (tertiary/aromatic N) is 3. The molecule has 0 radical (unpaired) electrons. The molecule has 0 aliphatic carbocycles.